The van der Waals surface area contributed by atoms with E-state index in [1.165, 1.54) is 4.90 Å². The molecule has 1 aromatic carbocycles. The van der Waals surface area contributed by atoms with E-state index < -0.39 is 12.0 Å². The van der Waals surface area contributed by atoms with Crippen LogP contribution in [-0.4, -0.2) is 41.6 Å². The fraction of sp³-hybridized carbons (Fsp3) is 0.500. The predicted molar refractivity (Wildman–Crippen MR) is 83.3 cm³/mol. The molecule has 120 valence electrons. The van der Waals surface area contributed by atoms with E-state index in [-0.39, 0.29) is 12.3 Å². The number of halogens is 1. The zero-order valence-electron chi connectivity index (χ0n) is 12.5. The monoisotopic (exact) mass is 325 g/mol. The summed E-state index contributed by atoms with van der Waals surface area (Å²) in [6.07, 6.45) is 3.08. The van der Waals surface area contributed by atoms with Gasteiger partial charge < -0.3 is 14.7 Å². The van der Waals surface area contributed by atoms with E-state index in [0.717, 1.165) is 18.4 Å². The predicted octanol–water partition coefficient (Wildman–Crippen LogP) is 2.75. The lowest BCUT2D eigenvalue weighted by atomic mass is 10.0. The summed E-state index contributed by atoms with van der Waals surface area (Å²) < 4.78 is 5.09. The average molecular weight is 326 g/mol. The summed E-state index contributed by atoms with van der Waals surface area (Å²) in [5.41, 5.74) is 0.933. The summed E-state index contributed by atoms with van der Waals surface area (Å²) in [7, 11) is 1.55. The van der Waals surface area contributed by atoms with Gasteiger partial charge in [0.1, 0.15) is 11.8 Å². The van der Waals surface area contributed by atoms with Crippen LogP contribution in [0.3, 0.4) is 0 Å². The SMILES string of the molecule is COc1ccc(CCC(=O)N2CCCC[C@@H]2C(=O)O)cc1Cl. The van der Waals surface area contributed by atoms with Crippen LogP contribution in [-0.2, 0) is 16.0 Å². The van der Waals surface area contributed by atoms with Gasteiger partial charge in [-0.2, -0.15) is 0 Å². The minimum Gasteiger partial charge on any atom is -0.495 e. The number of hydrogen-bond acceptors (Lipinski definition) is 3. The van der Waals surface area contributed by atoms with Crippen molar-refractivity contribution in [3.8, 4) is 5.75 Å². The van der Waals surface area contributed by atoms with Crippen LogP contribution >= 0.6 is 11.6 Å². The van der Waals surface area contributed by atoms with Crippen molar-refractivity contribution in [2.75, 3.05) is 13.7 Å². The molecule has 0 spiro atoms. The fourth-order valence-electron chi connectivity index (χ4n) is 2.75. The van der Waals surface area contributed by atoms with Crippen molar-refractivity contribution in [3.63, 3.8) is 0 Å². The number of carbonyl (C=O) groups excluding carboxylic acids is 1. The maximum Gasteiger partial charge on any atom is 0.326 e. The minimum absolute atomic E-state index is 0.112. The number of methoxy groups -OCH3 is 1. The quantitative estimate of drug-likeness (QED) is 0.904. The maximum atomic E-state index is 12.3. The molecule has 0 radical (unpaired) electrons. The number of carboxylic acids is 1. The molecule has 0 unspecified atom stereocenters. The highest BCUT2D eigenvalue weighted by Crippen LogP contribution is 2.26. The first-order valence-electron chi connectivity index (χ1n) is 7.37. The molecule has 6 heteroatoms. The second-order valence-corrected chi connectivity index (χ2v) is 5.81. The Labute approximate surface area is 134 Å². The highest BCUT2D eigenvalue weighted by molar-refractivity contribution is 6.32. The highest BCUT2D eigenvalue weighted by atomic mass is 35.5. The molecule has 1 aliphatic rings. The molecule has 0 aromatic heterocycles. The third-order valence-corrected chi connectivity index (χ3v) is 4.25. The summed E-state index contributed by atoms with van der Waals surface area (Å²) in [6.45, 7) is 0.527. The molecule has 1 fully saturated rings. The van der Waals surface area contributed by atoms with Crippen LogP contribution in [0.2, 0.25) is 5.02 Å². The van der Waals surface area contributed by atoms with Crippen LogP contribution in [0.5, 0.6) is 5.75 Å². The smallest absolute Gasteiger partial charge is 0.326 e. The van der Waals surface area contributed by atoms with Gasteiger partial charge in [-0.25, -0.2) is 4.79 Å². The third-order valence-electron chi connectivity index (χ3n) is 3.95. The lowest BCUT2D eigenvalue weighted by Gasteiger charge is -2.33. The number of amides is 1. The first kappa shape index (κ1) is 16.6. The first-order valence-corrected chi connectivity index (χ1v) is 7.75. The standard InChI is InChI=1S/C16H20ClNO4/c1-22-14-7-5-11(10-12(14)17)6-8-15(19)18-9-3-2-4-13(18)16(20)21/h5,7,10,13H,2-4,6,8-9H2,1H3,(H,20,21)/t13-/m1/s1. The number of hydrogen-bond donors (Lipinski definition) is 1. The third kappa shape index (κ3) is 3.91. The van der Waals surface area contributed by atoms with E-state index in [2.05, 4.69) is 0 Å². The van der Waals surface area contributed by atoms with Gasteiger partial charge in [-0.1, -0.05) is 17.7 Å². The number of benzene rings is 1. The Hall–Kier alpha value is -1.75. The Morgan fingerprint density at radius 1 is 1.41 bits per heavy atom. The van der Waals surface area contributed by atoms with Crippen LogP contribution in [0, 0.1) is 0 Å². The van der Waals surface area contributed by atoms with Crippen LogP contribution in [0.25, 0.3) is 0 Å². The van der Waals surface area contributed by atoms with Crippen LogP contribution in [0.15, 0.2) is 18.2 Å². The normalized spacial score (nSPS) is 18.1. The summed E-state index contributed by atoms with van der Waals surface area (Å²) in [5.74, 6) is -0.432. The van der Waals surface area contributed by atoms with Crippen LogP contribution in [0.4, 0.5) is 0 Å². The second-order valence-electron chi connectivity index (χ2n) is 5.41. The Balaban J connectivity index is 1.96. The molecule has 1 amide bonds. The lowest BCUT2D eigenvalue weighted by Crippen LogP contribution is -2.48. The summed E-state index contributed by atoms with van der Waals surface area (Å²) >= 11 is 6.06. The van der Waals surface area contributed by atoms with E-state index in [1.807, 2.05) is 6.07 Å². The number of piperidine rings is 1. The molecular formula is C16H20ClNO4. The molecule has 22 heavy (non-hydrogen) atoms. The molecule has 1 N–H and O–H groups in total. The Bertz CT molecular complexity index is 561. The van der Waals surface area contributed by atoms with Gasteiger partial charge in [-0.05, 0) is 43.4 Å². The largest absolute Gasteiger partial charge is 0.495 e. The zero-order chi connectivity index (χ0) is 16.1. The average Bonchev–Trinajstić information content (AvgIpc) is 2.52. The second kappa shape index (κ2) is 7.49. The van der Waals surface area contributed by atoms with Gasteiger partial charge in [0.15, 0.2) is 0 Å². The van der Waals surface area contributed by atoms with Gasteiger partial charge in [0.2, 0.25) is 5.91 Å². The van der Waals surface area contributed by atoms with Gasteiger partial charge >= 0.3 is 5.97 Å². The molecule has 0 aliphatic carbocycles. The molecule has 1 atom stereocenters. The van der Waals surface area contributed by atoms with Crippen LogP contribution in [0.1, 0.15) is 31.2 Å². The van der Waals surface area contributed by atoms with Crippen molar-refractivity contribution in [2.24, 2.45) is 0 Å². The molecule has 0 saturated carbocycles. The number of ether oxygens (including phenoxy) is 1. The first-order chi connectivity index (χ1) is 10.5. The van der Waals surface area contributed by atoms with Crippen molar-refractivity contribution in [3.05, 3.63) is 28.8 Å². The van der Waals surface area contributed by atoms with Gasteiger partial charge in [0.25, 0.3) is 0 Å². The van der Waals surface area contributed by atoms with E-state index in [9.17, 15) is 14.7 Å². The van der Waals surface area contributed by atoms with Gasteiger partial charge in [0.05, 0.1) is 12.1 Å². The van der Waals surface area contributed by atoms with Crippen molar-refractivity contribution in [1.82, 2.24) is 4.90 Å². The molecule has 0 bridgehead atoms. The molecule has 2 rings (SSSR count). The van der Waals surface area contributed by atoms with Gasteiger partial charge in [0, 0.05) is 13.0 Å². The van der Waals surface area contributed by atoms with Crippen molar-refractivity contribution < 1.29 is 19.4 Å². The minimum atomic E-state index is -0.916. The zero-order valence-corrected chi connectivity index (χ0v) is 13.3. The Morgan fingerprint density at radius 3 is 2.82 bits per heavy atom. The lowest BCUT2D eigenvalue weighted by molar-refractivity contribution is -0.152. The molecule has 5 nitrogen and oxygen atoms in total. The maximum absolute atomic E-state index is 12.3. The van der Waals surface area contributed by atoms with Crippen molar-refractivity contribution in [1.29, 1.82) is 0 Å². The van der Waals surface area contributed by atoms with Crippen molar-refractivity contribution in [2.45, 2.75) is 38.1 Å². The summed E-state index contributed by atoms with van der Waals surface area (Å²) in [6, 6.07) is 4.73. The topological polar surface area (TPSA) is 66.8 Å². The van der Waals surface area contributed by atoms with Crippen molar-refractivity contribution >= 4 is 23.5 Å². The Kier molecular flexibility index (Phi) is 5.66. The molecule has 1 aromatic rings. The summed E-state index contributed by atoms with van der Waals surface area (Å²) in [4.78, 5) is 25.0. The number of rotatable bonds is 5. The number of likely N-dealkylation sites (tertiary alicyclic amines) is 1. The van der Waals surface area contributed by atoms with Crippen LogP contribution < -0.4 is 4.74 Å². The number of carboxylic acid groups (broad SMARTS) is 1. The molecular weight excluding hydrogens is 306 g/mol. The Morgan fingerprint density at radius 2 is 2.18 bits per heavy atom. The van der Waals surface area contributed by atoms with E-state index in [0.29, 0.717) is 30.2 Å². The molecule has 1 aliphatic heterocycles. The van der Waals surface area contributed by atoms with Gasteiger partial charge in [-0.3, -0.25) is 4.79 Å². The number of nitrogens with zero attached hydrogens (tertiary/aromatic N) is 1. The fourth-order valence-corrected chi connectivity index (χ4v) is 3.03. The van der Waals surface area contributed by atoms with E-state index in [1.54, 1.807) is 19.2 Å². The molecule has 1 saturated heterocycles. The van der Waals surface area contributed by atoms with E-state index >= 15 is 0 Å². The number of carbonyl (C=O) groups is 2. The van der Waals surface area contributed by atoms with Gasteiger partial charge in [-0.15, -0.1) is 0 Å². The summed E-state index contributed by atoms with van der Waals surface area (Å²) in [5, 5.41) is 9.72. The molecule has 1 heterocycles. The van der Waals surface area contributed by atoms with E-state index in [4.69, 9.17) is 16.3 Å². The highest BCUT2D eigenvalue weighted by Gasteiger charge is 2.31. The number of aliphatic carboxylic acids is 1. The number of aryl methyl sites for hydroxylation is 1.